The molecule has 1 aliphatic heterocycles. The first-order chi connectivity index (χ1) is 12.3. The first-order valence-corrected chi connectivity index (χ1v) is 7.54. The van der Waals surface area contributed by atoms with Gasteiger partial charge in [-0.2, -0.15) is 13.2 Å². The molecule has 1 aliphatic rings. The van der Waals surface area contributed by atoms with Crippen LogP contribution in [-0.2, 0) is 12.7 Å². The van der Waals surface area contributed by atoms with Gasteiger partial charge < -0.3 is 0 Å². The van der Waals surface area contributed by atoms with Crippen LogP contribution in [0.3, 0.4) is 0 Å². The second-order valence-electron chi connectivity index (χ2n) is 5.64. The number of nitrogens with zero attached hydrogens (tertiary/aromatic N) is 3. The third-order valence-corrected chi connectivity index (χ3v) is 4.02. The first-order valence-electron chi connectivity index (χ1n) is 7.54. The molecular formula is C16H14F3N5O2. The number of halogens is 3. The summed E-state index contributed by atoms with van der Waals surface area (Å²) in [6, 6.07) is 9.35. The maximum atomic E-state index is 12.7. The molecule has 3 rings (SSSR count). The number of nitro groups is 1. The highest BCUT2D eigenvalue weighted by molar-refractivity contribution is 5.99. The summed E-state index contributed by atoms with van der Waals surface area (Å²) in [6.07, 6.45) is -4.41. The van der Waals surface area contributed by atoms with Crippen LogP contribution in [0.1, 0.15) is 22.3 Å². The van der Waals surface area contributed by atoms with Crippen molar-refractivity contribution in [1.29, 1.82) is 0 Å². The number of benzene rings is 2. The van der Waals surface area contributed by atoms with E-state index in [1.54, 1.807) is 24.1 Å². The molecule has 136 valence electrons. The summed E-state index contributed by atoms with van der Waals surface area (Å²) >= 11 is 0. The molecule has 7 nitrogen and oxygen atoms in total. The lowest BCUT2D eigenvalue weighted by molar-refractivity contribution is -0.385. The Balaban J connectivity index is 1.83. The summed E-state index contributed by atoms with van der Waals surface area (Å²) in [5, 5.41) is 16.7. The van der Waals surface area contributed by atoms with Crippen LogP contribution in [0.4, 0.5) is 18.9 Å². The van der Waals surface area contributed by atoms with Crippen LogP contribution in [-0.4, -0.2) is 15.8 Å². The quantitative estimate of drug-likeness (QED) is 0.643. The fourth-order valence-electron chi connectivity index (χ4n) is 2.60. The van der Waals surface area contributed by atoms with E-state index in [-0.39, 0.29) is 12.2 Å². The molecule has 0 saturated carbocycles. The van der Waals surface area contributed by atoms with Gasteiger partial charge in [-0.1, -0.05) is 24.3 Å². The molecule has 2 aromatic carbocycles. The molecule has 0 bridgehead atoms. The maximum Gasteiger partial charge on any atom is 0.416 e. The molecule has 0 atom stereocenters. The molecule has 0 aromatic heterocycles. The van der Waals surface area contributed by atoms with Crippen LogP contribution >= 0.6 is 0 Å². The SMILES string of the molecule is Cc1c(CN2NNN=C2c2ccc(C(F)(F)F)cc2)cccc1[N+](=O)[O-]. The summed E-state index contributed by atoms with van der Waals surface area (Å²) < 4.78 is 38.1. The Morgan fingerprint density at radius 1 is 1.19 bits per heavy atom. The molecule has 26 heavy (non-hydrogen) atoms. The monoisotopic (exact) mass is 365 g/mol. The lowest BCUT2D eigenvalue weighted by Crippen LogP contribution is -2.40. The van der Waals surface area contributed by atoms with Crippen molar-refractivity contribution < 1.29 is 18.1 Å². The van der Waals surface area contributed by atoms with Crippen LogP contribution in [0, 0.1) is 17.0 Å². The van der Waals surface area contributed by atoms with Crippen molar-refractivity contribution in [2.45, 2.75) is 19.6 Å². The van der Waals surface area contributed by atoms with E-state index >= 15 is 0 Å². The number of hydrogen-bond acceptors (Lipinski definition) is 6. The van der Waals surface area contributed by atoms with Crippen LogP contribution in [0.25, 0.3) is 0 Å². The van der Waals surface area contributed by atoms with E-state index in [0.29, 0.717) is 22.5 Å². The number of amidine groups is 1. The summed E-state index contributed by atoms with van der Waals surface area (Å²) in [7, 11) is 0. The molecule has 1 heterocycles. The van der Waals surface area contributed by atoms with Crippen molar-refractivity contribution in [3.8, 4) is 0 Å². The zero-order chi connectivity index (χ0) is 18.9. The molecule has 0 fully saturated rings. The summed E-state index contributed by atoms with van der Waals surface area (Å²) in [6.45, 7) is 1.88. The normalized spacial score (nSPS) is 14.2. The molecule has 2 N–H and O–H groups in total. The zero-order valence-electron chi connectivity index (χ0n) is 13.5. The average Bonchev–Trinajstić information content (AvgIpc) is 3.04. The van der Waals surface area contributed by atoms with Crippen molar-refractivity contribution >= 4 is 11.5 Å². The maximum absolute atomic E-state index is 12.7. The molecule has 0 unspecified atom stereocenters. The number of hydrazine groups is 2. The highest BCUT2D eigenvalue weighted by Gasteiger charge is 2.30. The van der Waals surface area contributed by atoms with E-state index in [0.717, 1.165) is 12.1 Å². The Labute approximate surface area is 146 Å². The Morgan fingerprint density at radius 2 is 1.88 bits per heavy atom. The van der Waals surface area contributed by atoms with Crippen molar-refractivity contribution in [2.24, 2.45) is 5.10 Å². The Kier molecular flexibility index (Phi) is 4.51. The third-order valence-electron chi connectivity index (χ3n) is 4.02. The van der Waals surface area contributed by atoms with Crippen LogP contribution < -0.4 is 11.1 Å². The lowest BCUT2D eigenvalue weighted by atomic mass is 10.1. The van der Waals surface area contributed by atoms with Crippen molar-refractivity contribution in [3.63, 3.8) is 0 Å². The van der Waals surface area contributed by atoms with Gasteiger partial charge in [0.15, 0.2) is 5.84 Å². The lowest BCUT2D eigenvalue weighted by Gasteiger charge is -2.20. The molecular weight excluding hydrogens is 351 g/mol. The number of nitro benzene ring substituents is 1. The molecule has 2 aromatic rings. The number of rotatable bonds is 4. The number of hydrazone groups is 1. The van der Waals surface area contributed by atoms with E-state index in [4.69, 9.17) is 0 Å². The molecule has 0 spiro atoms. The van der Waals surface area contributed by atoms with Crippen LogP contribution in [0.15, 0.2) is 47.6 Å². The average molecular weight is 365 g/mol. The van der Waals surface area contributed by atoms with Gasteiger partial charge in [-0.15, -0.1) is 10.6 Å². The van der Waals surface area contributed by atoms with Crippen molar-refractivity contribution in [2.75, 3.05) is 0 Å². The minimum Gasteiger partial charge on any atom is -0.267 e. The first kappa shape index (κ1) is 17.7. The second-order valence-corrected chi connectivity index (χ2v) is 5.64. The highest BCUT2D eigenvalue weighted by Crippen LogP contribution is 2.29. The Hall–Kier alpha value is -3.14. The number of nitrogens with one attached hydrogen (secondary N) is 2. The Bertz CT molecular complexity index is 865. The zero-order valence-corrected chi connectivity index (χ0v) is 13.5. The topological polar surface area (TPSA) is 82.8 Å². The summed E-state index contributed by atoms with van der Waals surface area (Å²) in [4.78, 5) is 10.6. The third kappa shape index (κ3) is 3.45. The van der Waals surface area contributed by atoms with Gasteiger partial charge in [-0.25, -0.2) is 5.53 Å². The smallest absolute Gasteiger partial charge is 0.267 e. The highest BCUT2D eigenvalue weighted by atomic mass is 19.4. The van der Waals surface area contributed by atoms with Gasteiger partial charge in [0.05, 0.1) is 17.0 Å². The fraction of sp³-hybridized carbons (Fsp3) is 0.188. The largest absolute Gasteiger partial charge is 0.416 e. The van der Waals surface area contributed by atoms with Crippen molar-refractivity contribution in [1.82, 2.24) is 16.1 Å². The minimum atomic E-state index is -4.41. The number of alkyl halides is 3. The van der Waals surface area contributed by atoms with Crippen LogP contribution in [0.2, 0.25) is 0 Å². The predicted molar refractivity (Wildman–Crippen MR) is 87.6 cm³/mol. The van der Waals surface area contributed by atoms with Crippen LogP contribution in [0.5, 0.6) is 0 Å². The summed E-state index contributed by atoms with van der Waals surface area (Å²) in [5.41, 5.74) is 6.24. The van der Waals surface area contributed by atoms with Crippen molar-refractivity contribution in [3.05, 3.63) is 74.8 Å². The van der Waals surface area contributed by atoms with E-state index in [9.17, 15) is 23.3 Å². The standard InChI is InChI=1S/C16H14F3N5O2/c1-10-12(3-2-4-14(10)24(25)26)9-23-15(20-21-22-23)11-5-7-13(8-6-11)16(17,18)19/h2-8,21-22H,9H2,1H3. The molecule has 0 saturated heterocycles. The van der Waals surface area contributed by atoms with E-state index < -0.39 is 16.7 Å². The molecule has 0 amide bonds. The van der Waals surface area contributed by atoms with Gasteiger partial charge in [0.25, 0.3) is 5.69 Å². The van der Waals surface area contributed by atoms with Gasteiger partial charge in [0, 0.05) is 17.2 Å². The molecule has 0 radical (unpaired) electrons. The fourth-order valence-corrected chi connectivity index (χ4v) is 2.60. The van der Waals surface area contributed by atoms with E-state index in [2.05, 4.69) is 16.2 Å². The molecule has 0 aliphatic carbocycles. The Morgan fingerprint density at radius 3 is 2.50 bits per heavy atom. The second kappa shape index (κ2) is 6.64. The van der Waals surface area contributed by atoms with Gasteiger partial charge in [-0.05, 0) is 24.6 Å². The number of hydrogen-bond donors (Lipinski definition) is 2. The van der Waals surface area contributed by atoms with E-state index in [1.807, 2.05) is 0 Å². The molecule has 10 heteroatoms. The van der Waals surface area contributed by atoms with Gasteiger partial charge >= 0.3 is 6.18 Å². The van der Waals surface area contributed by atoms with Gasteiger partial charge in [0.2, 0.25) is 0 Å². The summed E-state index contributed by atoms with van der Waals surface area (Å²) in [5.74, 6) is 0.379. The van der Waals surface area contributed by atoms with Gasteiger partial charge in [-0.3, -0.25) is 15.1 Å². The van der Waals surface area contributed by atoms with Gasteiger partial charge in [0.1, 0.15) is 0 Å². The predicted octanol–water partition coefficient (Wildman–Crippen LogP) is 3.11. The van der Waals surface area contributed by atoms with E-state index in [1.165, 1.54) is 18.2 Å². The minimum absolute atomic E-state index is 0.00248.